The Bertz CT molecular complexity index is 543. The Kier molecular flexibility index (Phi) is 4.06. The number of hydrogen-bond donors (Lipinski definition) is 0. The molecule has 0 unspecified atom stereocenters. The maximum Gasteiger partial charge on any atom is 0.225 e. The molecule has 0 radical (unpaired) electrons. The molecule has 2 aliphatic heterocycles. The van der Waals surface area contributed by atoms with Crippen molar-refractivity contribution in [1.29, 1.82) is 0 Å². The molecule has 1 aromatic rings. The van der Waals surface area contributed by atoms with Crippen LogP contribution in [-0.2, 0) is 4.79 Å². The van der Waals surface area contributed by atoms with Gasteiger partial charge in [0.15, 0.2) is 11.6 Å². The molecular formula is C17H25N5O. The van der Waals surface area contributed by atoms with Crippen LogP contribution in [0.4, 0.5) is 11.6 Å². The van der Waals surface area contributed by atoms with Crippen molar-refractivity contribution in [2.24, 2.45) is 5.92 Å². The van der Waals surface area contributed by atoms with Gasteiger partial charge in [-0.1, -0.05) is 0 Å². The molecule has 1 amide bonds. The maximum absolute atomic E-state index is 12.1. The van der Waals surface area contributed by atoms with E-state index in [1.54, 1.807) is 0 Å². The van der Waals surface area contributed by atoms with Gasteiger partial charge in [-0.25, -0.2) is 0 Å². The molecule has 3 aliphatic rings. The topological polar surface area (TPSA) is 52.6 Å². The fourth-order valence-electron chi connectivity index (χ4n) is 3.52. The van der Waals surface area contributed by atoms with E-state index < -0.39 is 0 Å². The molecule has 4 rings (SSSR count). The second kappa shape index (κ2) is 6.34. The SMILES string of the molecule is O=C(C1CC1)N1CCN(c2ccc(N3CCCCC3)nn2)CC1. The third-order valence-corrected chi connectivity index (χ3v) is 5.16. The van der Waals surface area contributed by atoms with E-state index in [9.17, 15) is 4.79 Å². The molecule has 0 atom stereocenters. The van der Waals surface area contributed by atoms with Crippen molar-refractivity contribution >= 4 is 17.5 Å². The number of amides is 1. The van der Waals surface area contributed by atoms with E-state index in [0.717, 1.165) is 63.7 Å². The van der Waals surface area contributed by atoms with E-state index in [0.29, 0.717) is 11.8 Å². The van der Waals surface area contributed by atoms with Crippen LogP contribution >= 0.6 is 0 Å². The molecular weight excluding hydrogens is 290 g/mol. The summed E-state index contributed by atoms with van der Waals surface area (Å²) in [5.41, 5.74) is 0. The van der Waals surface area contributed by atoms with Gasteiger partial charge in [0.25, 0.3) is 0 Å². The van der Waals surface area contributed by atoms with Gasteiger partial charge in [-0.05, 0) is 44.2 Å². The van der Waals surface area contributed by atoms with Crippen LogP contribution in [0.1, 0.15) is 32.1 Å². The first-order valence-electron chi connectivity index (χ1n) is 8.94. The van der Waals surface area contributed by atoms with Crippen LogP contribution in [0, 0.1) is 5.92 Å². The van der Waals surface area contributed by atoms with Crippen LogP contribution < -0.4 is 9.80 Å². The Morgan fingerprint density at radius 2 is 1.39 bits per heavy atom. The number of anilines is 2. The molecule has 124 valence electrons. The fraction of sp³-hybridized carbons (Fsp3) is 0.706. The van der Waals surface area contributed by atoms with Gasteiger partial charge < -0.3 is 14.7 Å². The minimum Gasteiger partial charge on any atom is -0.355 e. The first-order valence-corrected chi connectivity index (χ1v) is 8.94. The zero-order chi connectivity index (χ0) is 15.6. The monoisotopic (exact) mass is 315 g/mol. The summed E-state index contributed by atoms with van der Waals surface area (Å²) < 4.78 is 0. The lowest BCUT2D eigenvalue weighted by atomic mass is 10.1. The second-order valence-corrected chi connectivity index (χ2v) is 6.88. The molecule has 6 nitrogen and oxygen atoms in total. The lowest BCUT2D eigenvalue weighted by molar-refractivity contribution is -0.132. The molecule has 3 heterocycles. The summed E-state index contributed by atoms with van der Waals surface area (Å²) in [5, 5.41) is 8.85. The number of nitrogens with zero attached hydrogens (tertiary/aromatic N) is 5. The summed E-state index contributed by atoms with van der Waals surface area (Å²) in [6.45, 7) is 5.52. The van der Waals surface area contributed by atoms with Gasteiger partial charge in [-0.3, -0.25) is 4.79 Å². The highest BCUT2D eigenvalue weighted by atomic mass is 16.2. The molecule has 1 aliphatic carbocycles. The van der Waals surface area contributed by atoms with Crippen molar-refractivity contribution in [2.45, 2.75) is 32.1 Å². The van der Waals surface area contributed by atoms with E-state index in [1.165, 1.54) is 19.3 Å². The van der Waals surface area contributed by atoms with Crippen LogP contribution in [0.15, 0.2) is 12.1 Å². The summed E-state index contributed by atoms with van der Waals surface area (Å²) in [6.07, 6.45) is 6.00. The van der Waals surface area contributed by atoms with Crippen LogP contribution in [-0.4, -0.2) is 60.3 Å². The van der Waals surface area contributed by atoms with Crippen molar-refractivity contribution in [3.8, 4) is 0 Å². The maximum atomic E-state index is 12.1. The third-order valence-electron chi connectivity index (χ3n) is 5.16. The van der Waals surface area contributed by atoms with E-state index >= 15 is 0 Å². The molecule has 0 spiro atoms. The van der Waals surface area contributed by atoms with Gasteiger partial charge in [0, 0.05) is 45.2 Å². The van der Waals surface area contributed by atoms with Gasteiger partial charge in [-0.15, -0.1) is 10.2 Å². The predicted octanol–water partition coefficient (Wildman–Crippen LogP) is 1.53. The highest BCUT2D eigenvalue weighted by Gasteiger charge is 2.34. The average Bonchev–Trinajstić information content (AvgIpc) is 3.47. The summed E-state index contributed by atoms with van der Waals surface area (Å²) >= 11 is 0. The minimum absolute atomic E-state index is 0.324. The summed E-state index contributed by atoms with van der Waals surface area (Å²) in [6, 6.07) is 4.17. The van der Waals surface area contributed by atoms with Crippen molar-refractivity contribution in [3.63, 3.8) is 0 Å². The summed E-state index contributed by atoms with van der Waals surface area (Å²) in [5.74, 6) is 2.61. The first kappa shape index (κ1) is 14.7. The molecule has 3 fully saturated rings. The van der Waals surface area contributed by atoms with Crippen LogP contribution in [0.25, 0.3) is 0 Å². The molecule has 1 saturated carbocycles. The zero-order valence-corrected chi connectivity index (χ0v) is 13.7. The average molecular weight is 315 g/mol. The van der Waals surface area contributed by atoms with Gasteiger partial charge in [-0.2, -0.15) is 0 Å². The lowest BCUT2D eigenvalue weighted by Gasteiger charge is -2.35. The van der Waals surface area contributed by atoms with Crippen LogP contribution in [0.3, 0.4) is 0 Å². The number of piperidine rings is 1. The zero-order valence-electron chi connectivity index (χ0n) is 13.7. The predicted molar refractivity (Wildman–Crippen MR) is 89.6 cm³/mol. The Morgan fingerprint density at radius 3 is 1.91 bits per heavy atom. The minimum atomic E-state index is 0.324. The highest BCUT2D eigenvalue weighted by Crippen LogP contribution is 2.31. The van der Waals surface area contributed by atoms with Crippen molar-refractivity contribution in [1.82, 2.24) is 15.1 Å². The summed E-state index contributed by atoms with van der Waals surface area (Å²) in [7, 11) is 0. The van der Waals surface area contributed by atoms with Gasteiger partial charge in [0.1, 0.15) is 0 Å². The molecule has 6 heteroatoms. The van der Waals surface area contributed by atoms with E-state index in [4.69, 9.17) is 0 Å². The number of rotatable bonds is 3. The fourth-order valence-corrected chi connectivity index (χ4v) is 3.52. The van der Waals surface area contributed by atoms with Crippen molar-refractivity contribution < 1.29 is 4.79 Å². The van der Waals surface area contributed by atoms with Gasteiger partial charge >= 0.3 is 0 Å². The largest absolute Gasteiger partial charge is 0.355 e. The lowest BCUT2D eigenvalue weighted by Crippen LogP contribution is -2.49. The number of carbonyl (C=O) groups excluding carboxylic acids is 1. The first-order chi connectivity index (χ1) is 11.3. The molecule has 23 heavy (non-hydrogen) atoms. The Balaban J connectivity index is 1.34. The smallest absolute Gasteiger partial charge is 0.225 e. The number of aromatic nitrogens is 2. The van der Waals surface area contributed by atoms with Crippen molar-refractivity contribution in [2.75, 3.05) is 49.1 Å². The molecule has 0 N–H and O–H groups in total. The number of hydrogen-bond acceptors (Lipinski definition) is 5. The van der Waals surface area contributed by atoms with E-state index in [1.807, 2.05) is 4.90 Å². The normalized spacial score (nSPS) is 22.3. The standard InChI is InChI=1S/C17H25N5O/c23-17(14-4-5-14)22-12-10-21(11-13-22)16-7-6-15(18-19-16)20-8-2-1-3-9-20/h6-7,14H,1-5,8-13H2. The van der Waals surface area contributed by atoms with E-state index in [-0.39, 0.29) is 0 Å². The number of carbonyl (C=O) groups is 1. The quantitative estimate of drug-likeness (QED) is 0.846. The van der Waals surface area contributed by atoms with Gasteiger partial charge in [0.2, 0.25) is 5.91 Å². The van der Waals surface area contributed by atoms with Crippen molar-refractivity contribution in [3.05, 3.63) is 12.1 Å². The molecule has 2 saturated heterocycles. The van der Waals surface area contributed by atoms with Crippen LogP contribution in [0.5, 0.6) is 0 Å². The Hall–Kier alpha value is -1.85. The van der Waals surface area contributed by atoms with Gasteiger partial charge in [0.05, 0.1) is 0 Å². The Morgan fingerprint density at radius 1 is 0.826 bits per heavy atom. The second-order valence-electron chi connectivity index (χ2n) is 6.88. The number of piperazine rings is 1. The van der Waals surface area contributed by atoms with E-state index in [2.05, 4.69) is 32.1 Å². The molecule has 1 aromatic heterocycles. The summed E-state index contributed by atoms with van der Waals surface area (Å²) in [4.78, 5) is 18.7. The highest BCUT2D eigenvalue weighted by molar-refractivity contribution is 5.81. The molecule has 0 aromatic carbocycles. The molecule has 0 bridgehead atoms. The Labute approximate surface area is 137 Å². The van der Waals surface area contributed by atoms with Crippen LogP contribution in [0.2, 0.25) is 0 Å². The third kappa shape index (κ3) is 3.26.